The van der Waals surface area contributed by atoms with Crippen LogP contribution in [-0.2, 0) is 0 Å². The number of hydrogen-bond acceptors (Lipinski definition) is 2. The van der Waals surface area contributed by atoms with Crippen LogP contribution < -0.4 is 5.73 Å². The third kappa shape index (κ3) is 4.03. The summed E-state index contributed by atoms with van der Waals surface area (Å²) in [7, 11) is 2.06. The average molecular weight is 343 g/mol. The van der Waals surface area contributed by atoms with E-state index < -0.39 is 0 Å². The number of benzene rings is 1. The van der Waals surface area contributed by atoms with Gasteiger partial charge in [-0.15, -0.1) is 0 Å². The van der Waals surface area contributed by atoms with Crippen LogP contribution in [0.2, 0.25) is 0 Å². The number of hydrogen-bond donors (Lipinski definition) is 1. The quantitative estimate of drug-likeness (QED) is 0.872. The molecular weight excluding hydrogens is 319 g/mol. The summed E-state index contributed by atoms with van der Waals surface area (Å²) in [5.74, 6) is 0.562. The summed E-state index contributed by atoms with van der Waals surface area (Å²) in [5.41, 5.74) is 6.60. The molecule has 1 aliphatic rings. The van der Waals surface area contributed by atoms with Crippen LogP contribution in [0.3, 0.4) is 0 Å². The zero-order chi connectivity index (χ0) is 14.5. The first kappa shape index (κ1) is 15.9. The lowest BCUT2D eigenvalue weighted by Gasteiger charge is -2.32. The molecule has 1 saturated carbocycles. The molecule has 0 saturated heterocycles. The molecule has 1 atom stereocenters. The van der Waals surface area contributed by atoms with Gasteiger partial charge < -0.3 is 5.73 Å². The summed E-state index contributed by atoms with van der Waals surface area (Å²) in [6.45, 7) is 1.46. The van der Waals surface area contributed by atoms with E-state index in [2.05, 4.69) is 27.9 Å². The standard InChI is InChI=1S/C16H24BrFN2/c1-20(11-12-5-3-2-4-6-12)16(10-19)14-8-7-13(17)9-15(14)18/h7-9,12,16H,2-6,10-11,19H2,1H3. The van der Waals surface area contributed by atoms with Crippen molar-refractivity contribution in [2.75, 3.05) is 20.1 Å². The number of nitrogens with two attached hydrogens (primary N) is 1. The Kier molecular flexibility index (Phi) is 6.00. The molecule has 0 heterocycles. The number of halogens is 2. The van der Waals surface area contributed by atoms with E-state index >= 15 is 0 Å². The molecule has 0 amide bonds. The summed E-state index contributed by atoms with van der Waals surface area (Å²) in [6.07, 6.45) is 6.62. The van der Waals surface area contributed by atoms with Crippen LogP contribution in [0, 0.1) is 11.7 Å². The van der Waals surface area contributed by atoms with E-state index in [1.807, 2.05) is 12.1 Å². The van der Waals surface area contributed by atoms with Gasteiger partial charge in [0.25, 0.3) is 0 Å². The first-order chi connectivity index (χ1) is 9.61. The van der Waals surface area contributed by atoms with Crippen molar-refractivity contribution in [3.8, 4) is 0 Å². The van der Waals surface area contributed by atoms with Gasteiger partial charge in [-0.1, -0.05) is 41.3 Å². The van der Waals surface area contributed by atoms with Gasteiger partial charge in [0.2, 0.25) is 0 Å². The summed E-state index contributed by atoms with van der Waals surface area (Å²) in [4.78, 5) is 2.22. The largest absolute Gasteiger partial charge is 0.329 e. The molecule has 2 rings (SSSR count). The fourth-order valence-electron chi connectivity index (χ4n) is 3.22. The molecule has 20 heavy (non-hydrogen) atoms. The first-order valence-corrected chi connectivity index (χ1v) is 8.26. The third-order valence-electron chi connectivity index (χ3n) is 4.35. The molecule has 1 aromatic carbocycles. The van der Waals surface area contributed by atoms with E-state index in [1.54, 1.807) is 0 Å². The molecule has 2 N–H and O–H groups in total. The van der Waals surface area contributed by atoms with Crippen LogP contribution in [0.25, 0.3) is 0 Å². The molecular formula is C16H24BrFN2. The fraction of sp³-hybridized carbons (Fsp3) is 0.625. The van der Waals surface area contributed by atoms with Crippen LogP contribution in [0.4, 0.5) is 4.39 Å². The lowest BCUT2D eigenvalue weighted by atomic mass is 9.88. The van der Waals surface area contributed by atoms with Gasteiger partial charge in [0.05, 0.1) is 0 Å². The van der Waals surface area contributed by atoms with Crippen LogP contribution >= 0.6 is 15.9 Å². The predicted octanol–water partition coefficient (Wildman–Crippen LogP) is 4.10. The highest BCUT2D eigenvalue weighted by Gasteiger charge is 2.23. The number of likely N-dealkylation sites (N-methyl/N-ethyl adjacent to an activating group) is 1. The van der Waals surface area contributed by atoms with Crippen molar-refractivity contribution in [3.63, 3.8) is 0 Å². The van der Waals surface area contributed by atoms with E-state index in [1.165, 1.54) is 38.2 Å². The second-order valence-electron chi connectivity index (χ2n) is 5.86. The summed E-state index contributed by atoms with van der Waals surface area (Å²) in [6, 6.07) is 5.21. The number of nitrogens with zero attached hydrogens (tertiary/aromatic N) is 1. The van der Waals surface area contributed by atoms with E-state index in [0.29, 0.717) is 12.1 Å². The average Bonchev–Trinajstić information content (AvgIpc) is 2.43. The Morgan fingerprint density at radius 1 is 1.35 bits per heavy atom. The minimum atomic E-state index is -0.176. The molecule has 1 unspecified atom stereocenters. The Hall–Kier alpha value is -0.450. The maximum atomic E-state index is 14.1. The topological polar surface area (TPSA) is 29.3 Å². The summed E-state index contributed by atoms with van der Waals surface area (Å²) < 4.78 is 14.9. The molecule has 1 aliphatic carbocycles. The Balaban J connectivity index is 2.06. The molecule has 112 valence electrons. The monoisotopic (exact) mass is 342 g/mol. The maximum Gasteiger partial charge on any atom is 0.129 e. The van der Waals surface area contributed by atoms with Gasteiger partial charge in [-0.2, -0.15) is 0 Å². The van der Waals surface area contributed by atoms with Crippen molar-refractivity contribution in [2.45, 2.75) is 38.1 Å². The minimum absolute atomic E-state index is 0.0370. The predicted molar refractivity (Wildman–Crippen MR) is 85.1 cm³/mol. The molecule has 0 aliphatic heterocycles. The zero-order valence-corrected chi connectivity index (χ0v) is 13.7. The van der Waals surface area contributed by atoms with Crippen LogP contribution in [0.5, 0.6) is 0 Å². The Labute approximate surface area is 129 Å². The van der Waals surface area contributed by atoms with E-state index in [9.17, 15) is 4.39 Å². The Morgan fingerprint density at radius 3 is 2.65 bits per heavy atom. The van der Waals surface area contributed by atoms with Crippen molar-refractivity contribution in [1.82, 2.24) is 4.90 Å². The smallest absolute Gasteiger partial charge is 0.129 e. The highest BCUT2D eigenvalue weighted by Crippen LogP contribution is 2.28. The second-order valence-corrected chi connectivity index (χ2v) is 6.78. The maximum absolute atomic E-state index is 14.1. The van der Waals surface area contributed by atoms with Crippen LogP contribution in [0.15, 0.2) is 22.7 Å². The van der Waals surface area contributed by atoms with Gasteiger partial charge in [0.1, 0.15) is 5.82 Å². The minimum Gasteiger partial charge on any atom is -0.329 e. The fourth-order valence-corrected chi connectivity index (χ4v) is 3.55. The van der Waals surface area contributed by atoms with Crippen molar-refractivity contribution in [2.24, 2.45) is 11.7 Å². The normalized spacial score (nSPS) is 18.4. The molecule has 4 heteroatoms. The highest BCUT2D eigenvalue weighted by molar-refractivity contribution is 9.10. The van der Waals surface area contributed by atoms with Crippen molar-refractivity contribution in [3.05, 3.63) is 34.1 Å². The lowest BCUT2D eigenvalue weighted by molar-refractivity contribution is 0.183. The molecule has 2 nitrogen and oxygen atoms in total. The SMILES string of the molecule is CN(CC1CCCCC1)C(CN)c1ccc(Br)cc1F. The molecule has 0 radical (unpaired) electrons. The number of rotatable bonds is 5. The Morgan fingerprint density at radius 2 is 2.05 bits per heavy atom. The molecule has 0 bridgehead atoms. The third-order valence-corrected chi connectivity index (χ3v) is 4.84. The van der Waals surface area contributed by atoms with Crippen molar-refractivity contribution >= 4 is 15.9 Å². The first-order valence-electron chi connectivity index (χ1n) is 7.47. The van der Waals surface area contributed by atoms with Crippen LogP contribution in [0.1, 0.15) is 43.7 Å². The molecule has 1 fully saturated rings. The summed E-state index contributed by atoms with van der Waals surface area (Å²) in [5, 5.41) is 0. The van der Waals surface area contributed by atoms with Gasteiger partial charge in [-0.25, -0.2) is 4.39 Å². The van der Waals surface area contributed by atoms with E-state index in [0.717, 1.165) is 16.9 Å². The zero-order valence-electron chi connectivity index (χ0n) is 12.1. The van der Waals surface area contributed by atoms with Crippen LogP contribution in [-0.4, -0.2) is 25.0 Å². The summed E-state index contributed by atoms with van der Waals surface area (Å²) >= 11 is 3.30. The van der Waals surface area contributed by atoms with Crippen molar-refractivity contribution in [1.29, 1.82) is 0 Å². The molecule has 1 aromatic rings. The van der Waals surface area contributed by atoms with E-state index in [-0.39, 0.29) is 11.9 Å². The van der Waals surface area contributed by atoms with Gasteiger partial charge in [-0.05, 0) is 37.9 Å². The lowest BCUT2D eigenvalue weighted by Crippen LogP contribution is -2.35. The van der Waals surface area contributed by atoms with E-state index in [4.69, 9.17) is 5.73 Å². The van der Waals surface area contributed by atoms with Gasteiger partial charge in [0, 0.05) is 29.2 Å². The van der Waals surface area contributed by atoms with Gasteiger partial charge in [-0.3, -0.25) is 4.90 Å². The van der Waals surface area contributed by atoms with Crippen molar-refractivity contribution < 1.29 is 4.39 Å². The highest BCUT2D eigenvalue weighted by atomic mass is 79.9. The second kappa shape index (κ2) is 7.53. The molecule has 0 aromatic heterocycles. The molecule has 0 spiro atoms. The van der Waals surface area contributed by atoms with Gasteiger partial charge >= 0.3 is 0 Å². The van der Waals surface area contributed by atoms with Gasteiger partial charge in [0.15, 0.2) is 0 Å². The Bertz CT molecular complexity index is 432.